The first-order chi connectivity index (χ1) is 8.70. The van der Waals surface area contributed by atoms with Crippen LogP contribution in [-0.2, 0) is 5.88 Å². The zero-order valence-electron chi connectivity index (χ0n) is 11.3. The molecule has 1 atom stereocenters. The first-order valence-corrected chi connectivity index (χ1v) is 7.37. The van der Waals surface area contributed by atoms with Crippen molar-refractivity contribution < 1.29 is 0 Å². The summed E-state index contributed by atoms with van der Waals surface area (Å²) in [4.78, 5) is 2.35. The number of hydrogen-bond acceptors (Lipinski definition) is 3. The molecule has 0 bridgehead atoms. The average molecular weight is 268 g/mol. The molecule has 4 heteroatoms. The van der Waals surface area contributed by atoms with Gasteiger partial charge in [-0.15, -0.1) is 16.7 Å². The molecule has 3 nitrogen and oxygen atoms in total. The number of nitrogens with zero attached hydrogens (tertiary/aromatic N) is 3. The van der Waals surface area contributed by atoms with Gasteiger partial charge in [0.2, 0.25) is 0 Å². The summed E-state index contributed by atoms with van der Waals surface area (Å²) in [7, 11) is 0. The van der Waals surface area contributed by atoms with Gasteiger partial charge in [0.15, 0.2) is 5.82 Å². The summed E-state index contributed by atoms with van der Waals surface area (Å²) >= 11 is 5.73. The largest absolute Gasteiger partial charge is 0.355 e. The molecule has 18 heavy (non-hydrogen) atoms. The second-order valence-electron chi connectivity index (χ2n) is 5.44. The lowest BCUT2D eigenvalue weighted by atomic mass is 9.89. The smallest absolute Gasteiger partial charge is 0.151 e. The molecule has 0 spiro atoms. The van der Waals surface area contributed by atoms with Gasteiger partial charge in [-0.05, 0) is 43.2 Å². The van der Waals surface area contributed by atoms with Crippen molar-refractivity contribution in [1.82, 2.24) is 10.2 Å². The molecular formula is C14H22ClN3. The van der Waals surface area contributed by atoms with Crippen LogP contribution in [0.2, 0.25) is 0 Å². The summed E-state index contributed by atoms with van der Waals surface area (Å²) in [5.74, 6) is 3.07. The van der Waals surface area contributed by atoms with Gasteiger partial charge in [0.05, 0.1) is 11.6 Å². The summed E-state index contributed by atoms with van der Waals surface area (Å²) in [5, 5.41) is 8.41. The van der Waals surface area contributed by atoms with Gasteiger partial charge < -0.3 is 4.90 Å². The van der Waals surface area contributed by atoms with Crippen LogP contribution in [0.25, 0.3) is 0 Å². The van der Waals surface area contributed by atoms with Gasteiger partial charge in [0.25, 0.3) is 0 Å². The highest BCUT2D eigenvalue weighted by Gasteiger charge is 2.20. The molecule has 2 rings (SSSR count). The zero-order valence-corrected chi connectivity index (χ0v) is 12.0. The molecule has 100 valence electrons. The van der Waals surface area contributed by atoms with Gasteiger partial charge in [-0.3, -0.25) is 0 Å². The summed E-state index contributed by atoms with van der Waals surface area (Å²) in [6.07, 6.45) is 3.85. The van der Waals surface area contributed by atoms with Crippen molar-refractivity contribution in [2.24, 2.45) is 11.8 Å². The van der Waals surface area contributed by atoms with Crippen molar-refractivity contribution in [3.63, 3.8) is 0 Å². The van der Waals surface area contributed by atoms with E-state index in [-0.39, 0.29) is 0 Å². The fourth-order valence-corrected chi connectivity index (χ4v) is 2.75. The van der Waals surface area contributed by atoms with E-state index in [4.69, 9.17) is 11.6 Å². The van der Waals surface area contributed by atoms with Crippen LogP contribution >= 0.6 is 11.6 Å². The van der Waals surface area contributed by atoms with Gasteiger partial charge >= 0.3 is 0 Å². The van der Waals surface area contributed by atoms with Crippen LogP contribution < -0.4 is 4.90 Å². The molecule has 0 N–H and O–H groups in total. The van der Waals surface area contributed by atoms with Crippen LogP contribution in [0.1, 0.15) is 38.8 Å². The van der Waals surface area contributed by atoms with Gasteiger partial charge in [0, 0.05) is 13.1 Å². The highest BCUT2D eigenvalue weighted by atomic mass is 35.5. The minimum absolute atomic E-state index is 0.433. The lowest BCUT2D eigenvalue weighted by Crippen LogP contribution is -2.25. The normalized spacial score (nSPS) is 21.1. The molecule has 0 radical (unpaired) electrons. The van der Waals surface area contributed by atoms with Crippen LogP contribution in [0.15, 0.2) is 12.1 Å². The maximum absolute atomic E-state index is 5.73. The van der Waals surface area contributed by atoms with E-state index in [1.807, 2.05) is 12.1 Å². The minimum atomic E-state index is 0.433. The maximum atomic E-state index is 5.73. The topological polar surface area (TPSA) is 29.0 Å². The molecule has 1 unspecified atom stereocenters. The van der Waals surface area contributed by atoms with Crippen molar-refractivity contribution in [2.75, 3.05) is 18.0 Å². The molecule has 0 aromatic carbocycles. The van der Waals surface area contributed by atoms with Crippen LogP contribution in [-0.4, -0.2) is 23.3 Å². The second kappa shape index (κ2) is 6.37. The molecule has 0 saturated carbocycles. The van der Waals surface area contributed by atoms with Crippen LogP contribution in [0.3, 0.4) is 0 Å². The highest BCUT2D eigenvalue weighted by Crippen LogP contribution is 2.26. The monoisotopic (exact) mass is 267 g/mol. The Bertz CT molecular complexity index is 364. The van der Waals surface area contributed by atoms with Crippen molar-refractivity contribution in [2.45, 2.75) is 39.0 Å². The lowest BCUT2D eigenvalue weighted by molar-refractivity contribution is 0.351. The molecular weight excluding hydrogens is 246 g/mol. The van der Waals surface area contributed by atoms with E-state index in [0.29, 0.717) is 5.88 Å². The maximum Gasteiger partial charge on any atom is 0.151 e. The fourth-order valence-electron chi connectivity index (χ4n) is 2.61. The van der Waals surface area contributed by atoms with E-state index >= 15 is 0 Å². The first kappa shape index (κ1) is 13.6. The zero-order chi connectivity index (χ0) is 13.0. The Kier molecular flexibility index (Phi) is 4.81. The predicted molar refractivity (Wildman–Crippen MR) is 76.0 cm³/mol. The summed E-state index contributed by atoms with van der Waals surface area (Å²) in [6, 6.07) is 4.01. The van der Waals surface area contributed by atoms with Gasteiger partial charge in [-0.25, -0.2) is 0 Å². The molecule has 0 amide bonds. The quantitative estimate of drug-likeness (QED) is 0.785. The Hall–Kier alpha value is -0.830. The third-order valence-corrected chi connectivity index (χ3v) is 4.16. The predicted octanol–water partition coefficient (Wildman–Crippen LogP) is 3.48. The van der Waals surface area contributed by atoms with Crippen molar-refractivity contribution in [3.8, 4) is 0 Å². The van der Waals surface area contributed by atoms with E-state index in [2.05, 4.69) is 28.9 Å². The Labute approximate surface area is 115 Å². The Morgan fingerprint density at radius 3 is 2.72 bits per heavy atom. The average Bonchev–Trinajstić information content (AvgIpc) is 2.64. The number of aromatic nitrogens is 2. The van der Waals surface area contributed by atoms with Crippen LogP contribution in [0.4, 0.5) is 5.82 Å². The fraction of sp³-hybridized carbons (Fsp3) is 0.714. The Morgan fingerprint density at radius 1 is 1.28 bits per heavy atom. The molecule has 1 fully saturated rings. The third-order valence-electron chi connectivity index (χ3n) is 3.88. The molecule has 1 aliphatic heterocycles. The summed E-state index contributed by atoms with van der Waals surface area (Å²) in [5.41, 5.74) is 0.843. The van der Waals surface area contributed by atoms with Crippen LogP contribution in [0.5, 0.6) is 0 Å². The van der Waals surface area contributed by atoms with Gasteiger partial charge in [0.1, 0.15) is 0 Å². The SMILES string of the molecule is CC(C)C1CCCN(c2ccc(CCl)nn2)CC1. The van der Waals surface area contributed by atoms with E-state index in [0.717, 1.165) is 36.4 Å². The second-order valence-corrected chi connectivity index (χ2v) is 5.71. The Balaban J connectivity index is 2.00. The number of rotatable bonds is 3. The van der Waals surface area contributed by atoms with Gasteiger partial charge in [-0.2, -0.15) is 5.10 Å². The van der Waals surface area contributed by atoms with Crippen molar-refractivity contribution in [1.29, 1.82) is 0 Å². The van der Waals surface area contributed by atoms with E-state index in [9.17, 15) is 0 Å². The van der Waals surface area contributed by atoms with E-state index in [1.54, 1.807) is 0 Å². The first-order valence-electron chi connectivity index (χ1n) is 6.84. The standard InChI is InChI=1S/C14H22ClN3/c1-11(2)12-4-3-8-18(9-7-12)14-6-5-13(10-15)16-17-14/h5-6,11-12H,3-4,7-10H2,1-2H3. The number of anilines is 1. The number of hydrogen-bond donors (Lipinski definition) is 0. The molecule has 1 aromatic rings. The third kappa shape index (κ3) is 3.35. The molecule has 1 aliphatic rings. The minimum Gasteiger partial charge on any atom is -0.355 e. The van der Waals surface area contributed by atoms with E-state index in [1.165, 1.54) is 19.3 Å². The molecule has 2 heterocycles. The Morgan fingerprint density at radius 2 is 2.11 bits per heavy atom. The molecule has 0 aliphatic carbocycles. The molecule has 1 saturated heterocycles. The highest BCUT2D eigenvalue weighted by molar-refractivity contribution is 6.16. The van der Waals surface area contributed by atoms with E-state index < -0.39 is 0 Å². The summed E-state index contributed by atoms with van der Waals surface area (Å²) < 4.78 is 0. The van der Waals surface area contributed by atoms with Crippen molar-refractivity contribution >= 4 is 17.4 Å². The number of halogens is 1. The van der Waals surface area contributed by atoms with Crippen LogP contribution in [0, 0.1) is 11.8 Å². The lowest BCUT2D eigenvalue weighted by Gasteiger charge is -2.22. The van der Waals surface area contributed by atoms with Crippen molar-refractivity contribution in [3.05, 3.63) is 17.8 Å². The number of alkyl halides is 1. The van der Waals surface area contributed by atoms with Gasteiger partial charge in [-0.1, -0.05) is 13.8 Å². The molecule has 1 aromatic heterocycles. The summed E-state index contributed by atoms with van der Waals surface area (Å²) in [6.45, 7) is 6.85.